The van der Waals surface area contributed by atoms with Crippen molar-refractivity contribution >= 4 is 24.1 Å². The molecule has 4 amide bonds. The number of amides is 4. The minimum absolute atomic E-state index is 0.00798. The molecule has 220 valence electrons. The topological polar surface area (TPSA) is 176 Å². The first-order valence-electron chi connectivity index (χ1n) is 13.6. The van der Waals surface area contributed by atoms with Crippen LogP contribution in [0.15, 0.2) is 34.7 Å². The maximum Gasteiger partial charge on any atom is 0.288 e. The van der Waals surface area contributed by atoms with Crippen LogP contribution in [0, 0.1) is 5.92 Å². The number of furan rings is 1. The van der Waals surface area contributed by atoms with E-state index in [1.807, 2.05) is 13.8 Å². The fraction of sp³-hybridized carbons (Fsp3) is 0.500. The highest BCUT2D eigenvalue weighted by molar-refractivity contribution is 5.96. The first-order valence-corrected chi connectivity index (χ1v) is 13.6. The summed E-state index contributed by atoms with van der Waals surface area (Å²) in [5, 5.41) is 18.5. The maximum atomic E-state index is 12.9. The van der Waals surface area contributed by atoms with Crippen molar-refractivity contribution < 1.29 is 33.5 Å². The van der Waals surface area contributed by atoms with Crippen LogP contribution in [-0.4, -0.2) is 66.8 Å². The van der Waals surface area contributed by atoms with Crippen molar-refractivity contribution in [1.82, 2.24) is 21.0 Å². The normalized spacial score (nSPS) is 12.2. The van der Waals surface area contributed by atoms with E-state index >= 15 is 0 Å². The number of unbranched alkanes of at least 4 members (excludes halogenated alkanes) is 2. The molecule has 0 bridgehead atoms. The van der Waals surface area contributed by atoms with Crippen molar-refractivity contribution in [3.05, 3.63) is 41.7 Å². The van der Waals surface area contributed by atoms with E-state index < -0.39 is 17.9 Å². The molecular formula is C28H41N5O7. The number of hydroxylamine groups is 2. The van der Waals surface area contributed by atoms with Gasteiger partial charge in [-0.25, -0.2) is 5.06 Å². The lowest BCUT2D eigenvalue weighted by atomic mass is 9.90. The number of carbonyl (C=O) groups is 4. The number of hydrogen-bond acceptors (Lipinski definition) is 8. The third kappa shape index (κ3) is 9.38. The van der Waals surface area contributed by atoms with Gasteiger partial charge >= 0.3 is 0 Å². The first kappa shape index (κ1) is 32.3. The largest absolute Gasteiger partial charge is 0.494 e. The van der Waals surface area contributed by atoms with Gasteiger partial charge in [0.05, 0.1) is 25.2 Å². The van der Waals surface area contributed by atoms with Crippen LogP contribution >= 0.6 is 0 Å². The highest BCUT2D eigenvalue weighted by Gasteiger charge is 2.30. The molecule has 0 aliphatic carbocycles. The number of ether oxygens (including phenoxy) is 1. The van der Waals surface area contributed by atoms with Crippen molar-refractivity contribution in [1.29, 1.82) is 0 Å². The molecule has 0 fully saturated rings. The molecular weight excluding hydrogens is 518 g/mol. The number of carbonyl (C=O) groups excluding carboxylic acids is 4. The molecule has 2 atom stereocenters. The predicted octanol–water partition coefficient (Wildman–Crippen LogP) is 2.66. The SMILES string of the molecule is CCCCC[C@@H](C(=O)NCNC(=O)c1ccc(-c2cc(OCC)cc(C(=O)NCCN)c2)o1)[C@@H](CC)N(O)C=O. The molecule has 40 heavy (non-hydrogen) atoms. The standard InChI is InChI=1S/C28H41N5O7/c1-4-7-8-9-22(23(5-2)33(38)18-34)27(36)31-17-32-28(37)25-11-10-24(40-25)19-14-20(26(35)30-13-12-29)16-21(15-19)39-6-3/h10-11,14-16,18,22-23,38H,4-9,12-13,17,29H2,1-3H3,(H,30,35)(H,31,36)(H,32,37)/t22-,23-/m1/s1. The Balaban J connectivity index is 2.09. The molecule has 1 aromatic heterocycles. The molecule has 12 nitrogen and oxygen atoms in total. The zero-order valence-corrected chi connectivity index (χ0v) is 23.4. The van der Waals surface area contributed by atoms with Crippen LogP contribution in [0.5, 0.6) is 5.75 Å². The molecule has 2 rings (SSSR count). The third-order valence-corrected chi connectivity index (χ3v) is 6.32. The molecule has 0 radical (unpaired) electrons. The number of rotatable bonds is 18. The van der Waals surface area contributed by atoms with Crippen LogP contribution < -0.4 is 26.4 Å². The lowest BCUT2D eigenvalue weighted by molar-refractivity contribution is -0.168. The second kappa shape index (κ2) is 16.9. The Morgan fingerprint density at radius 2 is 1.85 bits per heavy atom. The van der Waals surface area contributed by atoms with Crippen LogP contribution in [0.3, 0.4) is 0 Å². The van der Waals surface area contributed by atoms with Gasteiger partial charge in [0.1, 0.15) is 11.5 Å². The van der Waals surface area contributed by atoms with Gasteiger partial charge in [0.2, 0.25) is 12.3 Å². The molecule has 12 heteroatoms. The van der Waals surface area contributed by atoms with Crippen LogP contribution in [0.25, 0.3) is 11.3 Å². The Labute approximate surface area is 234 Å². The highest BCUT2D eigenvalue weighted by atomic mass is 16.5. The van der Waals surface area contributed by atoms with Gasteiger partial charge in [-0.3, -0.25) is 24.4 Å². The third-order valence-electron chi connectivity index (χ3n) is 6.32. The van der Waals surface area contributed by atoms with Gasteiger partial charge in [-0.1, -0.05) is 33.1 Å². The van der Waals surface area contributed by atoms with E-state index in [-0.39, 0.29) is 24.2 Å². The molecule has 1 heterocycles. The van der Waals surface area contributed by atoms with Crippen LogP contribution in [0.1, 0.15) is 73.8 Å². The summed E-state index contributed by atoms with van der Waals surface area (Å²) in [5.41, 5.74) is 6.37. The summed E-state index contributed by atoms with van der Waals surface area (Å²) in [6, 6.07) is 7.36. The Hall–Kier alpha value is -3.90. The van der Waals surface area contributed by atoms with Gasteiger partial charge in [0.25, 0.3) is 11.8 Å². The van der Waals surface area contributed by atoms with Gasteiger partial charge in [0, 0.05) is 24.2 Å². The van der Waals surface area contributed by atoms with Crippen molar-refractivity contribution in [2.45, 2.75) is 58.9 Å². The van der Waals surface area contributed by atoms with E-state index in [4.69, 9.17) is 14.9 Å². The van der Waals surface area contributed by atoms with Gasteiger partial charge in [-0.2, -0.15) is 0 Å². The van der Waals surface area contributed by atoms with Crippen LogP contribution in [0.4, 0.5) is 0 Å². The molecule has 6 N–H and O–H groups in total. The predicted molar refractivity (Wildman–Crippen MR) is 149 cm³/mol. The van der Waals surface area contributed by atoms with E-state index in [1.54, 1.807) is 31.2 Å². The van der Waals surface area contributed by atoms with Crippen LogP contribution in [-0.2, 0) is 9.59 Å². The summed E-state index contributed by atoms with van der Waals surface area (Å²) in [4.78, 5) is 49.2. The van der Waals surface area contributed by atoms with Gasteiger partial charge in [-0.15, -0.1) is 0 Å². The van der Waals surface area contributed by atoms with Gasteiger partial charge in [0.15, 0.2) is 5.76 Å². The molecule has 0 aliphatic heterocycles. The molecule has 0 spiro atoms. The Morgan fingerprint density at radius 1 is 1.07 bits per heavy atom. The van der Waals surface area contributed by atoms with Crippen molar-refractivity contribution in [2.24, 2.45) is 11.7 Å². The number of hydrogen-bond donors (Lipinski definition) is 5. The zero-order chi connectivity index (χ0) is 29.5. The fourth-order valence-electron chi connectivity index (χ4n) is 4.30. The van der Waals surface area contributed by atoms with Gasteiger partial charge < -0.3 is 30.8 Å². The van der Waals surface area contributed by atoms with Crippen molar-refractivity contribution in [2.75, 3.05) is 26.4 Å². The van der Waals surface area contributed by atoms with E-state index in [1.165, 1.54) is 6.07 Å². The monoisotopic (exact) mass is 559 g/mol. The van der Waals surface area contributed by atoms with Gasteiger partial charge in [-0.05, 0) is 50.1 Å². The average Bonchev–Trinajstić information content (AvgIpc) is 3.46. The Bertz CT molecular complexity index is 1120. The van der Waals surface area contributed by atoms with Crippen LogP contribution in [0.2, 0.25) is 0 Å². The minimum atomic E-state index is -0.674. The lowest BCUT2D eigenvalue weighted by Crippen LogP contribution is -2.47. The van der Waals surface area contributed by atoms with E-state index in [0.717, 1.165) is 19.3 Å². The molecule has 0 saturated carbocycles. The van der Waals surface area contributed by atoms with E-state index in [9.17, 15) is 24.4 Å². The van der Waals surface area contributed by atoms with Crippen molar-refractivity contribution in [3.63, 3.8) is 0 Å². The molecule has 0 saturated heterocycles. The smallest absolute Gasteiger partial charge is 0.288 e. The fourth-order valence-corrected chi connectivity index (χ4v) is 4.30. The van der Waals surface area contributed by atoms with Crippen molar-refractivity contribution in [3.8, 4) is 17.1 Å². The minimum Gasteiger partial charge on any atom is -0.494 e. The average molecular weight is 560 g/mol. The molecule has 0 aliphatic rings. The summed E-state index contributed by atoms with van der Waals surface area (Å²) in [6.07, 6.45) is 3.82. The Kier molecular flexibility index (Phi) is 13.7. The number of nitrogens with zero attached hydrogens (tertiary/aromatic N) is 1. The molecule has 2 aromatic rings. The number of nitrogens with one attached hydrogen (secondary N) is 3. The summed E-state index contributed by atoms with van der Waals surface area (Å²) in [5.74, 6) is -1.05. The summed E-state index contributed by atoms with van der Waals surface area (Å²) < 4.78 is 11.3. The summed E-state index contributed by atoms with van der Waals surface area (Å²) in [6.45, 7) is 6.50. The zero-order valence-electron chi connectivity index (χ0n) is 23.4. The van der Waals surface area contributed by atoms with E-state index in [2.05, 4.69) is 16.0 Å². The lowest BCUT2D eigenvalue weighted by Gasteiger charge is -2.29. The first-order chi connectivity index (χ1) is 19.3. The number of benzene rings is 1. The maximum absolute atomic E-state index is 12.9. The summed E-state index contributed by atoms with van der Waals surface area (Å²) in [7, 11) is 0. The molecule has 1 aromatic carbocycles. The quantitative estimate of drug-likeness (QED) is 0.0609. The Morgan fingerprint density at radius 3 is 2.50 bits per heavy atom. The molecule has 0 unspecified atom stereocenters. The van der Waals surface area contributed by atoms with E-state index in [0.29, 0.717) is 66.6 Å². The number of nitrogens with two attached hydrogens (primary N) is 1. The highest BCUT2D eigenvalue weighted by Crippen LogP contribution is 2.28. The second-order valence-corrected chi connectivity index (χ2v) is 9.17. The summed E-state index contributed by atoms with van der Waals surface area (Å²) >= 11 is 0. The second-order valence-electron chi connectivity index (χ2n) is 9.17.